The van der Waals surface area contributed by atoms with E-state index in [0.717, 1.165) is 11.1 Å². The van der Waals surface area contributed by atoms with Gasteiger partial charge in [0.1, 0.15) is 17.5 Å². The SMILES string of the molecule is COc1ccc(C)cc1-c1cc(C#N)nc(=O)[nH]1. The van der Waals surface area contributed by atoms with E-state index in [9.17, 15) is 4.79 Å². The number of aromatic amines is 1. The molecular weight excluding hydrogens is 230 g/mol. The molecule has 0 fully saturated rings. The van der Waals surface area contributed by atoms with E-state index < -0.39 is 5.69 Å². The highest BCUT2D eigenvalue weighted by atomic mass is 16.5. The number of benzene rings is 1. The van der Waals surface area contributed by atoms with Crippen molar-refractivity contribution in [2.45, 2.75) is 6.92 Å². The second kappa shape index (κ2) is 4.72. The fourth-order valence-electron chi connectivity index (χ4n) is 1.69. The van der Waals surface area contributed by atoms with Crippen molar-refractivity contribution in [1.82, 2.24) is 9.97 Å². The summed E-state index contributed by atoms with van der Waals surface area (Å²) >= 11 is 0. The van der Waals surface area contributed by atoms with Crippen molar-refractivity contribution in [3.8, 4) is 23.1 Å². The molecule has 90 valence electrons. The Morgan fingerprint density at radius 3 is 2.83 bits per heavy atom. The topological polar surface area (TPSA) is 78.8 Å². The average molecular weight is 241 g/mol. The molecule has 5 nitrogen and oxygen atoms in total. The van der Waals surface area contributed by atoms with Gasteiger partial charge in [-0.05, 0) is 25.1 Å². The van der Waals surface area contributed by atoms with Crippen LogP contribution in [0.2, 0.25) is 0 Å². The normalized spacial score (nSPS) is 9.83. The largest absolute Gasteiger partial charge is 0.496 e. The number of aryl methyl sites for hydroxylation is 1. The molecule has 2 aromatic rings. The molecule has 5 heteroatoms. The Morgan fingerprint density at radius 1 is 1.39 bits per heavy atom. The summed E-state index contributed by atoms with van der Waals surface area (Å²) in [5, 5.41) is 8.82. The van der Waals surface area contributed by atoms with Crippen molar-refractivity contribution in [1.29, 1.82) is 5.26 Å². The third-order valence-electron chi connectivity index (χ3n) is 2.50. The molecule has 1 N–H and O–H groups in total. The van der Waals surface area contributed by atoms with Crippen LogP contribution in [-0.2, 0) is 0 Å². The van der Waals surface area contributed by atoms with Crippen molar-refractivity contribution in [2.75, 3.05) is 7.11 Å². The molecule has 0 atom stereocenters. The smallest absolute Gasteiger partial charge is 0.346 e. The van der Waals surface area contributed by atoms with Gasteiger partial charge in [0, 0.05) is 5.56 Å². The van der Waals surface area contributed by atoms with E-state index in [4.69, 9.17) is 10.00 Å². The van der Waals surface area contributed by atoms with Crippen LogP contribution in [0.4, 0.5) is 0 Å². The lowest BCUT2D eigenvalue weighted by Crippen LogP contribution is -2.12. The summed E-state index contributed by atoms with van der Waals surface area (Å²) < 4.78 is 5.24. The Labute approximate surface area is 104 Å². The molecule has 2 rings (SSSR count). The predicted octanol–water partition coefficient (Wildman–Crippen LogP) is 1.63. The van der Waals surface area contributed by atoms with Gasteiger partial charge in [0.25, 0.3) is 0 Å². The third kappa shape index (κ3) is 2.23. The molecule has 0 saturated carbocycles. The number of methoxy groups -OCH3 is 1. The minimum Gasteiger partial charge on any atom is -0.496 e. The van der Waals surface area contributed by atoms with Crippen LogP contribution in [0.15, 0.2) is 29.1 Å². The molecule has 0 bridgehead atoms. The second-order valence-corrected chi connectivity index (χ2v) is 3.80. The highest BCUT2D eigenvalue weighted by Crippen LogP contribution is 2.28. The summed E-state index contributed by atoms with van der Waals surface area (Å²) in [5.74, 6) is 0.631. The molecule has 0 aliphatic rings. The third-order valence-corrected chi connectivity index (χ3v) is 2.50. The molecule has 0 amide bonds. The molecule has 0 spiro atoms. The zero-order valence-corrected chi connectivity index (χ0v) is 10.0. The van der Waals surface area contributed by atoms with Crippen molar-refractivity contribution in [3.63, 3.8) is 0 Å². The quantitative estimate of drug-likeness (QED) is 0.866. The summed E-state index contributed by atoms with van der Waals surface area (Å²) in [6, 6.07) is 8.99. The van der Waals surface area contributed by atoms with E-state index in [2.05, 4.69) is 9.97 Å². The summed E-state index contributed by atoms with van der Waals surface area (Å²) in [4.78, 5) is 17.5. The fourth-order valence-corrected chi connectivity index (χ4v) is 1.69. The molecule has 1 heterocycles. The van der Waals surface area contributed by atoms with Gasteiger partial charge < -0.3 is 9.72 Å². The number of aromatic nitrogens is 2. The molecule has 0 aliphatic carbocycles. The minimum absolute atomic E-state index is 0.0808. The van der Waals surface area contributed by atoms with E-state index in [1.165, 1.54) is 6.07 Å². The Morgan fingerprint density at radius 2 is 2.17 bits per heavy atom. The van der Waals surface area contributed by atoms with Crippen LogP contribution in [0.5, 0.6) is 5.75 Å². The lowest BCUT2D eigenvalue weighted by atomic mass is 10.1. The Balaban J connectivity index is 2.68. The molecule has 0 unspecified atom stereocenters. The lowest BCUT2D eigenvalue weighted by Gasteiger charge is -2.09. The fraction of sp³-hybridized carbons (Fsp3) is 0.154. The monoisotopic (exact) mass is 241 g/mol. The second-order valence-electron chi connectivity index (χ2n) is 3.80. The molecule has 0 saturated heterocycles. The van der Waals surface area contributed by atoms with Gasteiger partial charge in [-0.25, -0.2) is 4.79 Å². The summed E-state index contributed by atoms with van der Waals surface area (Å²) in [6.07, 6.45) is 0. The molecule has 1 aromatic carbocycles. The maximum Gasteiger partial charge on any atom is 0.346 e. The number of rotatable bonds is 2. The van der Waals surface area contributed by atoms with Crippen LogP contribution in [0.1, 0.15) is 11.3 Å². The van der Waals surface area contributed by atoms with Gasteiger partial charge in [0.05, 0.1) is 12.8 Å². The first kappa shape index (κ1) is 11.9. The maximum atomic E-state index is 11.4. The van der Waals surface area contributed by atoms with Crippen molar-refractivity contribution in [2.24, 2.45) is 0 Å². The van der Waals surface area contributed by atoms with Crippen LogP contribution >= 0.6 is 0 Å². The van der Waals surface area contributed by atoms with Crippen LogP contribution in [0, 0.1) is 18.3 Å². The lowest BCUT2D eigenvalue weighted by molar-refractivity contribution is 0.416. The highest BCUT2D eigenvalue weighted by molar-refractivity contribution is 5.68. The number of nitrogens with zero attached hydrogens (tertiary/aromatic N) is 2. The van der Waals surface area contributed by atoms with Crippen LogP contribution < -0.4 is 10.4 Å². The first-order valence-electron chi connectivity index (χ1n) is 5.30. The van der Waals surface area contributed by atoms with Crippen LogP contribution in [0.3, 0.4) is 0 Å². The number of nitrogens with one attached hydrogen (secondary N) is 1. The minimum atomic E-state index is -0.549. The first-order chi connectivity index (χ1) is 8.63. The highest BCUT2D eigenvalue weighted by Gasteiger charge is 2.09. The molecule has 18 heavy (non-hydrogen) atoms. The van der Waals surface area contributed by atoms with Crippen LogP contribution in [-0.4, -0.2) is 17.1 Å². The van der Waals surface area contributed by atoms with E-state index in [-0.39, 0.29) is 5.69 Å². The van der Waals surface area contributed by atoms with Gasteiger partial charge in [-0.15, -0.1) is 0 Å². The standard InChI is InChI=1S/C13H11N3O2/c1-8-3-4-12(18-2)10(5-8)11-6-9(7-14)15-13(17)16-11/h3-6H,1-2H3,(H,15,16,17). The Kier molecular flexibility index (Phi) is 3.11. The molecule has 0 radical (unpaired) electrons. The van der Waals surface area contributed by atoms with Gasteiger partial charge in [-0.3, -0.25) is 0 Å². The Hall–Kier alpha value is -2.61. The van der Waals surface area contributed by atoms with E-state index in [0.29, 0.717) is 11.4 Å². The van der Waals surface area contributed by atoms with Crippen LogP contribution in [0.25, 0.3) is 11.3 Å². The Bertz CT molecular complexity index is 683. The summed E-state index contributed by atoms with van der Waals surface area (Å²) in [7, 11) is 1.55. The number of nitriles is 1. The predicted molar refractivity (Wildman–Crippen MR) is 66.3 cm³/mol. The zero-order chi connectivity index (χ0) is 13.1. The number of H-pyrrole nitrogens is 1. The number of hydrogen-bond acceptors (Lipinski definition) is 4. The van der Waals surface area contributed by atoms with Crippen molar-refractivity contribution >= 4 is 0 Å². The van der Waals surface area contributed by atoms with Gasteiger partial charge in [-0.1, -0.05) is 11.6 Å². The van der Waals surface area contributed by atoms with E-state index in [1.807, 2.05) is 31.2 Å². The average Bonchev–Trinajstić information content (AvgIpc) is 2.38. The van der Waals surface area contributed by atoms with Gasteiger partial charge in [0.2, 0.25) is 0 Å². The molecular formula is C13H11N3O2. The van der Waals surface area contributed by atoms with Crippen molar-refractivity contribution in [3.05, 3.63) is 46.0 Å². The van der Waals surface area contributed by atoms with Crippen molar-refractivity contribution < 1.29 is 4.74 Å². The maximum absolute atomic E-state index is 11.4. The first-order valence-corrected chi connectivity index (χ1v) is 5.30. The van der Waals surface area contributed by atoms with E-state index in [1.54, 1.807) is 7.11 Å². The van der Waals surface area contributed by atoms with Gasteiger partial charge in [-0.2, -0.15) is 10.2 Å². The van der Waals surface area contributed by atoms with E-state index >= 15 is 0 Å². The van der Waals surface area contributed by atoms with Gasteiger partial charge in [0.15, 0.2) is 0 Å². The summed E-state index contributed by atoms with van der Waals surface area (Å²) in [6.45, 7) is 1.94. The molecule has 0 aliphatic heterocycles. The van der Waals surface area contributed by atoms with Gasteiger partial charge >= 0.3 is 5.69 Å². The number of hydrogen-bond donors (Lipinski definition) is 1. The molecule has 1 aromatic heterocycles. The number of ether oxygens (including phenoxy) is 1. The zero-order valence-electron chi connectivity index (χ0n) is 10.0. The summed E-state index contributed by atoms with van der Waals surface area (Å²) in [5.41, 5.74) is 1.81.